The van der Waals surface area contributed by atoms with Crippen LogP contribution in [-0.4, -0.2) is 37.5 Å². The molecule has 19 heavy (non-hydrogen) atoms. The summed E-state index contributed by atoms with van der Waals surface area (Å²) in [6, 6.07) is 9.47. The maximum Gasteiger partial charge on any atom is 0.238 e. The zero-order valence-electron chi connectivity index (χ0n) is 11.8. The summed E-state index contributed by atoms with van der Waals surface area (Å²) in [5.74, 6) is -0.00322. The molecule has 108 valence electrons. The summed E-state index contributed by atoms with van der Waals surface area (Å²) >= 11 is 0. The number of hydrogen-bond acceptors (Lipinski definition) is 3. The van der Waals surface area contributed by atoms with Crippen LogP contribution in [0.3, 0.4) is 0 Å². The van der Waals surface area contributed by atoms with Crippen LogP contribution >= 0.6 is 12.4 Å². The molecule has 0 radical (unpaired) electrons. The van der Waals surface area contributed by atoms with E-state index in [9.17, 15) is 4.79 Å². The Balaban J connectivity index is 0.00000324. The Morgan fingerprint density at radius 2 is 1.89 bits per heavy atom. The number of nitrogens with zero attached hydrogens (tertiary/aromatic N) is 1. The third kappa shape index (κ3) is 7.15. The summed E-state index contributed by atoms with van der Waals surface area (Å²) in [5, 5.41) is 2.86. The number of rotatable bonds is 6. The van der Waals surface area contributed by atoms with E-state index < -0.39 is 0 Å². The fourth-order valence-corrected chi connectivity index (χ4v) is 1.82. The predicted octanol–water partition coefficient (Wildman–Crippen LogP) is 1.96. The lowest BCUT2D eigenvalue weighted by atomic mass is 9.93. The molecule has 1 amide bonds. The van der Waals surface area contributed by atoms with Gasteiger partial charge in [0.1, 0.15) is 0 Å². The van der Waals surface area contributed by atoms with Crippen LogP contribution in [0.1, 0.15) is 13.8 Å². The first-order valence-electron chi connectivity index (χ1n) is 6.16. The molecule has 1 rings (SSSR count). The van der Waals surface area contributed by atoms with Crippen molar-refractivity contribution < 1.29 is 4.79 Å². The molecule has 0 aromatic heterocycles. The maximum atomic E-state index is 11.8. The highest BCUT2D eigenvalue weighted by Gasteiger charge is 2.19. The fourth-order valence-electron chi connectivity index (χ4n) is 1.82. The van der Waals surface area contributed by atoms with E-state index in [4.69, 9.17) is 5.73 Å². The first kappa shape index (κ1) is 17.9. The summed E-state index contributed by atoms with van der Waals surface area (Å²) < 4.78 is 0. The van der Waals surface area contributed by atoms with Crippen LogP contribution in [0.2, 0.25) is 0 Å². The molecule has 1 aromatic rings. The summed E-state index contributed by atoms with van der Waals surface area (Å²) in [4.78, 5) is 13.8. The van der Waals surface area contributed by atoms with Gasteiger partial charge in [-0.15, -0.1) is 12.4 Å². The molecule has 0 unspecified atom stereocenters. The van der Waals surface area contributed by atoms with Gasteiger partial charge >= 0.3 is 0 Å². The van der Waals surface area contributed by atoms with Crippen molar-refractivity contribution in [2.75, 3.05) is 32.0 Å². The number of benzene rings is 1. The molecule has 4 nitrogen and oxygen atoms in total. The number of para-hydroxylation sites is 1. The minimum absolute atomic E-state index is 0. The van der Waals surface area contributed by atoms with Crippen molar-refractivity contribution in [3.8, 4) is 0 Å². The van der Waals surface area contributed by atoms with Crippen molar-refractivity contribution in [3.05, 3.63) is 30.3 Å². The van der Waals surface area contributed by atoms with Crippen molar-refractivity contribution in [3.63, 3.8) is 0 Å². The van der Waals surface area contributed by atoms with E-state index in [2.05, 4.69) is 19.2 Å². The number of anilines is 1. The zero-order valence-corrected chi connectivity index (χ0v) is 12.7. The highest BCUT2D eigenvalue weighted by atomic mass is 35.5. The van der Waals surface area contributed by atoms with Gasteiger partial charge in [0.15, 0.2) is 0 Å². The number of carbonyl (C=O) groups excluding carboxylic acids is 1. The van der Waals surface area contributed by atoms with E-state index in [-0.39, 0.29) is 23.7 Å². The standard InChI is InChI=1S/C14H23N3O.ClH/c1-14(2,10-15)11-17(3)9-13(18)16-12-7-5-4-6-8-12;/h4-8H,9-11,15H2,1-3H3,(H,16,18);1H. The largest absolute Gasteiger partial charge is 0.330 e. The van der Waals surface area contributed by atoms with Crippen LogP contribution < -0.4 is 11.1 Å². The number of halogens is 1. The smallest absolute Gasteiger partial charge is 0.238 e. The first-order valence-corrected chi connectivity index (χ1v) is 6.16. The SMILES string of the molecule is CN(CC(=O)Nc1ccccc1)CC(C)(C)CN.Cl. The predicted molar refractivity (Wildman–Crippen MR) is 82.7 cm³/mol. The summed E-state index contributed by atoms with van der Waals surface area (Å²) in [5.41, 5.74) is 6.54. The van der Waals surface area contributed by atoms with E-state index in [1.807, 2.05) is 42.3 Å². The average Bonchev–Trinajstić information content (AvgIpc) is 2.29. The molecule has 0 saturated heterocycles. The molecule has 0 spiro atoms. The Labute approximate surface area is 121 Å². The monoisotopic (exact) mass is 285 g/mol. The van der Waals surface area contributed by atoms with Crippen LogP contribution in [0.5, 0.6) is 0 Å². The Bertz CT molecular complexity index is 382. The number of nitrogens with two attached hydrogens (primary N) is 1. The summed E-state index contributed by atoms with van der Waals surface area (Å²) in [6.07, 6.45) is 0. The van der Waals surface area contributed by atoms with Gasteiger partial charge in [-0.3, -0.25) is 9.69 Å². The number of likely N-dealkylation sites (N-methyl/N-ethyl adjacent to an activating group) is 1. The summed E-state index contributed by atoms with van der Waals surface area (Å²) in [6.45, 7) is 5.97. The molecule has 3 N–H and O–H groups in total. The van der Waals surface area contributed by atoms with Crippen LogP contribution in [-0.2, 0) is 4.79 Å². The molecule has 0 aliphatic carbocycles. The van der Waals surface area contributed by atoms with Gasteiger partial charge in [-0.25, -0.2) is 0 Å². The zero-order chi connectivity index (χ0) is 13.6. The van der Waals surface area contributed by atoms with Crippen molar-refractivity contribution in [2.45, 2.75) is 13.8 Å². The molecule has 0 fully saturated rings. The van der Waals surface area contributed by atoms with Crippen LogP contribution in [0.15, 0.2) is 30.3 Å². The molecule has 0 aliphatic rings. The quantitative estimate of drug-likeness (QED) is 0.840. The van der Waals surface area contributed by atoms with Gasteiger partial charge in [0.05, 0.1) is 6.54 Å². The van der Waals surface area contributed by atoms with Gasteiger partial charge in [0, 0.05) is 12.2 Å². The fraction of sp³-hybridized carbons (Fsp3) is 0.500. The lowest BCUT2D eigenvalue weighted by Crippen LogP contribution is -2.40. The molecule has 0 aliphatic heterocycles. The maximum absolute atomic E-state index is 11.8. The Morgan fingerprint density at radius 3 is 2.42 bits per heavy atom. The second-order valence-corrected chi connectivity index (χ2v) is 5.45. The molecule has 0 atom stereocenters. The average molecular weight is 286 g/mol. The lowest BCUT2D eigenvalue weighted by Gasteiger charge is -2.28. The lowest BCUT2D eigenvalue weighted by molar-refractivity contribution is -0.117. The molecule has 5 heteroatoms. The van der Waals surface area contributed by atoms with Gasteiger partial charge in [-0.1, -0.05) is 32.0 Å². The van der Waals surface area contributed by atoms with Crippen LogP contribution in [0, 0.1) is 5.41 Å². The third-order valence-electron chi connectivity index (χ3n) is 2.72. The molecule has 0 bridgehead atoms. The Morgan fingerprint density at radius 1 is 1.32 bits per heavy atom. The summed E-state index contributed by atoms with van der Waals surface area (Å²) in [7, 11) is 1.93. The molecule has 1 aromatic carbocycles. The molecule has 0 heterocycles. The molecule has 0 saturated carbocycles. The van der Waals surface area contributed by atoms with Crippen molar-refractivity contribution >= 4 is 24.0 Å². The van der Waals surface area contributed by atoms with E-state index in [0.29, 0.717) is 13.1 Å². The highest BCUT2D eigenvalue weighted by molar-refractivity contribution is 5.92. The Hall–Kier alpha value is -1.10. The number of amides is 1. The molecular weight excluding hydrogens is 262 g/mol. The van der Waals surface area contributed by atoms with Gasteiger partial charge in [0.25, 0.3) is 0 Å². The van der Waals surface area contributed by atoms with Crippen LogP contribution in [0.4, 0.5) is 5.69 Å². The van der Waals surface area contributed by atoms with Crippen molar-refractivity contribution in [1.29, 1.82) is 0 Å². The minimum Gasteiger partial charge on any atom is -0.330 e. The topological polar surface area (TPSA) is 58.4 Å². The minimum atomic E-state index is -0.00322. The first-order chi connectivity index (χ1) is 8.43. The van der Waals surface area contributed by atoms with E-state index in [1.165, 1.54) is 0 Å². The number of carbonyl (C=O) groups is 1. The van der Waals surface area contributed by atoms with Crippen molar-refractivity contribution in [1.82, 2.24) is 4.90 Å². The second kappa shape index (κ2) is 8.15. The number of nitrogens with one attached hydrogen (secondary N) is 1. The van der Waals surface area contributed by atoms with Crippen LogP contribution in [0.25, 0.3) is 0 Å². The van der Waals surface area contributed by atoms with Gasteiger partial charge in [0.2, 0.25) is 5.91 Å². The Kier molecular flexibility index (Phi) is 7.68. The van der Waals surface area contributed by atoms with E-state index in [0.717, 1.165) is 12.2 Å². The van der Waals surface area contributed by atoms with E-state index in [1.54, 1.807) is 0 Å². The van der Waals surface area contributed by atoms with Crippen molar-refractivity contribution in [2.24, 2.45) is 11.1 Å². The second-order valence-electron chi connectivity index (χ2n) is 5.45. The highest BCUT2D eigenvalue weighted by Crippen LogP contribution is 2.13. The van der Waals surface area contributed by atoms with Gasteiger partial charge in [-0.2, -0.15) is 0 Å². The van der Waals surface area contributed by atoms with Gasteiger partial charge in [-0.05, 0) is 31.1 Å². The normalized spacial score (nSPS) is 11.0. The third-order valence-corrected chi connectivity index (χ3v) is 2.72. The molecular formula is C14H24ClN3O. The van der Waals surface area contributed by atoms with Gasteiger partial charge < -0.3 is 11.1 Å². The number of hydrogen-bond donors (Lipinski definition) is 2. The van der Waals surface area contributed by atoms with E-state index >= 15 is 0 Å².